The van der Waals surface area contributed by atoms with Gasteiger partial charge in [-0.25, -0.2) is 9.67 Å². The summed E-state index contributed by atoms with van der Waals surface area (Å²) in [6.45, 7) is 12.4. The molecule has 336 valence electrons. The van der Waals surface area contributed by atoms with Gasteiger partial charge in [-0.1, -0.05) is 12.5 Å². The monoisotopic (exact) mass is 852 g/mol. The first-order valence-corrected chi connectivity index (χ1v) is 23.5. The molecule has 0 aliphatic carbocycles. The molecule has 2 atom stereocenters. The van der Waals surface area contributed by atoms with Gasteiger partial charge in [-0.15, -0.1) is 0 Å². The number of unbranched alkanes of at least 4 members (excludes halogenated alkanes) is 2. The van der Waals surface area contributed by atoms with Crippen LogP contribution < -0.4 is 15.5 Å². The lowest BCUT2D eigenvalue weighted by atomic mass is 9.93. The minimum Gasteiger partial charge on any atom is -0.481 e. The summed E-state index contributed by atoms with van der Waals surface area (Å²) in [6.07, 6.45) is 12.0. The van der Waals surface area contributed by atoms with Gasteiger partial charge in [0.25, 0.3) is 0 Å². The molecule has 3 saturated heterocycles. The first-order valence-electron chi connectivity index (χ1n) is 23.5. The van der Waals surface area contributed by atoms with Crippen LogP contribution in [0.15, 0.2) is 36.4 Å². The maximum Gasteiger partial charge on any atom is 0.304 e. The summed E-state index contributed by atoms with van der Waals surface area (Å²) in [5.74, 6) is 0.871. The third kappa shape index (κ3) is 12.6. The number of likely N-dealkylation sites (tertiary alicyclic amines) is 2. The van der Waals surface area contributed by atoms with Crippen molar-refractivity contribution in [3.63, 3.8) is 0 Å². The van der Waals surface area contributed by atoms with Gasteiger partial charge in [0.2, 0.25) is 17.7 Å². The largest absolute Gasteiger partial charge is 0.481 e. The van der Waals surface area contributed by atoms with Gasteiger partial charge in [0.05, 0.1) is 17.8 Å². The minimum absolute atomic E-state index is 0.0314. The van der Waals surface area contributed by atoms with Crippen LogP contribution in [-0.4, -0.2) is 130 Å². The second kappa shape index (κ2) is 21.9. The maximum absolute atomic E-state index is 13.3. The Morgan fingerprint density at radius 2 is 1.60 bits per heavy atom. The number of pyridine rings is 1. The maximum atomic E-state index is 13.3. The standard InChI is InChI=1S/C48H69N9O5/c1-35-28-36(2)57(52-35)43-30-39(40(31-47(61)62)34-53-23-18-37(33-53)14-16-41-17-15-38-10-9-20-50-48(38)51-41)29-42(32-43)54-24-26-56(27-25-54)46(60)13-8-11-44(58)49-19-5-3-4-12-45(59)55-21-6-7-22-55/h15,17,28-30,32,37,40H,3-14,16,18-27,31,33-34H2,1-2H3,(H,49,58)(H,50,51)(H,61,62). The first kappa shape index (κ1) is 45.1. The fourth-order valence-electron chi connectivity index (χ4n) is 9.82. The molecule has 4 aliphatic rings. The molecule has 14 heteroatoms. The third-order valence-corrected chi connectivity index (χ3v) is 13.3. The van der Waals surface area contributed by atoms with Gasteiger partial charge in [0.1, 0.15) is 5.82 Å². The van der Waals surface area contributed by atoms with E-state index in [0.29, 0.717) is 70.9 Å². The Morgan fingerprint density at radius 3 is 2.35 bits per heavy atom. The van der Waals surface area contributed by atoms with Crippen LogP contribution in [0.1, 0.15) is 118 Å². The Hall–Kier alpha value is -4.98. The first-order chi connectivity index (χ1) is 30.1. The summed E-state index contributed by atoms with van der Waals surface area (Å²) >= 11 is 0. The molecule has 1 aromatic carbocycles. The summed E-state index contributed by atoms with van der Waals surface area (Å²) in [6, 6.07) is 12.9. The number of nitrogens with zero attached hydrogens (tertiary/aromatic N) is 7. The van der Waals surface area contributed by atoms with Crippen molar-refractivity contribution in [1.82, 2.24) is 34.8 Å². The summed E-state index contributed by atoms with van der Waals surface area (Å²) in [7, 11) is 0. The fraction of sp³-hybridized carbons (Fsp3) is 0.625. The molecule has 62 heavy (non-hydrogen) atoms. The molecule has 7 rings (SSSR count). The second-order valence-corrected chi connectivity index (χ2v) is 18.2. The highest BCUT2D eigenvalue weighted by Crippen LogP contribution is 2.33. The molecule has 3 amide bonds. The number of piperazine rings is 1. The van der Waals surface area contributed by atoms with Crippen molar-refractivity contribution >= 4 is 35.2 Å². The lowest BCUT2D eigenvalue weighted by molar-refractivity contribution is -0.137. The highest BCUT2D eigenvalue weighted by molar-refractivity contribution is 5.79. The van der Waals surface area contributed by atoms with Gasteiger partial charge in [0.15, 0.2) is 0 Å². The van der Waals surface area contributed by atoms with Crippen LogP contribution in [0.2, 0.25) is 0 Å². The molecule has 0 radical (unpaired) electrons. The number of anilines is 2. The molecular formula is C48H69N9O5. The summed E-state index contributed by atoms with van der Waals surface area (Å²) < 4.78 is 1.95. The van der Waals surface area contributed by atoms with Crippen LogP contribution in [0, 0.1) is 19.8 Å². The number of hydrogen-bond donors (Lipinski definition) is 3. The van der Waals surface area contributed by atoms with E-state index >= 15 is 0 Å². The zero-order valence-corrected chi connectivity index (χ0v) is 37.2. The molecule has 0 saturated carbocycles. The number of carboxylic acids is 1. The smallest absolute Gasteiger partial charge is 0.304 e. The van der Waals surface area contributed by atoms with Crippen LogP contribution in [0.5, 0.6) is 0 Å². The number of amides is 3. The van der Waals surface area contributed by atoms with Gasteiger partial charge in [0, 0.05) is 108 Å². The van der Waals surface area contributed by atoms with Gasteiger partial charge in [-0.05, 0) is 132 Å². The summed E-state index contributed by atoms with van der Waals surface area (Å²) in [5.41, 5.74) is 7.29. The average molecular weight is 852 g/mol. The average Bonchev–Trinajstić information content (AvgIpc) is 4.05. The van der Waals surface area contributed by atoms with Crippen molar-refractivity contribution in [3.05, 3.63) is 64.6 Å². The number of aliphatic carboxylic acids is 1. The van der Waals surface area contributed by atoms with Crippen LogP contribution in [0.25, 0.3) is 5.69 Å². The van der Waals surface area contributed by atoms with E-state index in [0.717, 1.165) is 137 Å². The van der Waals surface area contributed by atoms with Crippen molar-refractivity contribution in [2.24, 2.45) is 5.92 Å². The SMILES string of the molecule is Cc1cc(C)n(-c2cc(C(CC(=O)O)CN3CCC(CCc4ccc5c(n4)NCCC5)C3)cc(N3CCN(C(=O)CCCC(=O)NCCCCCC(=O)N4CCCC4)CC3)c2)n1. The zero-order chi connectivity index (χ0) is 43.4. The number of nitrogens with one attached hydrogen (secondary N) is 2. The number of benzene rings is 1. The lowest BCUT2D eigenvalue weighted by Crippen LogP contribution is -2.48. The Morgan fingerprint density at radius 1 is 0.839 bits per heavy atom. The van der Waals surface area contributed by atoms with Gasteiger partial charge >= 0.3 is 5.97 Å². The zero-order valence-electron chi connectivity index (χ0n) is 37.2. The molecule has 0 spiro atoms. The molecule has 0 bridgehead atoms. The van der Waals surface area contributed by atoms with E-state index < -0.39 is 5.97 Å². The number of hydrogen-bond acceptors (Lipinski definition) is 9. The highest BCUT2D eigenvalue weighted by atomic mass is 16.4. The third-order valence-electron chi connectivity index (χ3n) is 13.3. The fourth-order valence-corrected chi connectivity index (χ4v) is 9.82. The normalized spacial score (nSPS) is 18.4. The Kier molecular flexibility index (Phi) is 15.9. The van der Waals surface area contributed by atoms with Crippen LogP contribution in [0.4, 0.5) is 11.5 Å². The minimum atomic E-state index is -0.808. The van der Waals surface area contributed by atoms with Crippen molar-refractivity contribution in [3.8, 4) is 5.69 Å². The number of carbonyl (C=O) groups excluding carboxylic acids is 3. The van der Waals surface area contributed by atoms with Crippen LogP contribution in [0.3, 0.4) is 0 Å². The molecule has 2 aromatic heterocycles. The Balaban J connectivity index is 0.901. The Bertz CT molecular complexity index is 2000. The van der Waals surface area contributed by atoms with Crippen LogP contribution in [-0.2, 0) is 32.0 Å². The van der Waals surface area contributed by atoms with E-state index in [1.54, 1.807) is 0 Å². The number of aromatic nitrogens is 3. The molecule has 14 nitrogen and oxygen atoms in total. The molecular weight excluding hydrogens is 783 g/mol. The summed E-state index contributed by atoms with van der Waals surface area (Å²) in [4.78, 5) is 63.9. The highest BCUT2D eigenvalue weighted by Gasteiger charge is 2.29. The van der Waals surface area contributed by atoms with Gasteiger partial charge < -0.3 is 35.3 Å². The van der Waals surface area contributed by atoms with Crippen molar-refractivity contribution in [2.45, 2.75) is 116 Å². The van der Waals surface area contributed by atoms with Gasteiger partial charge in [-0.3, -0.25) is 19.2 Å². The number of aryl methyl sites for hydroxylation is 4. The Labute approximate surface area is 367 Å². The van der Waals surface area contributed by atoms with E-state index in [1.165, 1.54) is 5.56 Å². The van der Waals surface area contributed by atoms with E-state index in [9.17, 15) is 24.3 Å². The van der Waals surface area contributed by atoms with Crippen molar-refractivity contribution < 1.29 is 24.3 Å². The topological polar surface area (TPSA) is 156 Å². The van der Waals surface area contributed by atoms with E-state index in [2.05, 4.69) is 56.8 Å². The quantitative estimate of drug-likeness (QED) is 0.118. The second-order valence-electron chi connectivity index (χ2n) is 18.2. The van der Waals surface area contributed by atoms with Gasteiger partial charge in [-0.2, -0.15) is 5.10 Å². The summed E-state index contributed by atoms with van der Waals surface area (Å²) in [5, 5.41) is 21.4. The van der Waals surface area contributed by atoms with Crippen LogP contribution >= 0.6 is 0 Å². The lowest BCUT2D eigenvalue weighted by Gasteiger charge is -2.37. The predicted octanol–water partition coefficient (Wildman–Crippen LogP) is 5.87. The molecule has 4 aliphatic heterocycles. The number of carboxylic acid groups (broad SMARTS) is 1. The molecule has 6 heterocycles. The number of fused-ring (bicyclic) bond motifs is 1. The number of carbonyl (C=O) groups is 4. The van der Waals surface area contributed by atoms with E-state index in [-0.39, 0.29) is 30.1 Å². The van der Waals surface area contributed by atoms with E-state index in [1.807, 2.05) is 28.3 Å². The molecule has 2 unspecified atom stereocenters. The number of rotatable bonds is 20. The predicted molar refractivity (Wildman–Crippen MR) is 242 cm³/mol. The van der Waals surface area contributed by atoms with Crippen molar-refractivity contribution in [1.29, 1.82) is 0 Å². The molecule has 3 fully saturated rings. The van der Waals surface area contributed by atoms with E-state index in [4.69, 9.17) is 10.1 Å². The van der Waals surface area contributed by atoms with Crippen molar-refractivity contribution in [2.75, 3.05) is 82.2 Å². The molecule has 3 N–H and O–H groups in total. The molecule has 3 aromatic rings.